The van der Waals surface area contributed by atoms with Crippen molar-refractivity contribution in [2.45, 2.75) is 84.3 Å². The number of nitrogens with one attached hydrogen (secondary N) is 1. The molecule has 1 aliphatic carbocycles. The van der Waals surface area contributed by atoms with Crippen LogP contribution in [0.1, 0.15) is 72.1 Å². The monoisotopic (exact) mass is 363 g/mol. The van der Waals surface area contributed by atoms with Crippen LogP contribution < -0.4 is 5.48 Å². The number of ether oxygens (including phenoxy) is 1. The average Bonchev–Trinajstić information content (AvgIpc) is 3.09. The molecule has 1 aromatic heterocycles. The van der Waals surface area contributed by atoms with E-state index in [2.05, 4.69) is 15.0 Å². The number of hydroxylamine groups is 1. The number of aromatic nitrogens is 2. The second-order valence-electron chi connectivity index (χ2n) is 7.87. The number of carbonyl (C=O) groups is 1. The van der Waals surface area contributed by atoms with E-state index in [9.17, 15) is 4.79 Å². The van der Waals surface area contributed by atoms with E-state index in [1.807, 2.05) is 33.3 Å². The van der Waals surface area contributed by atoms with Gasteiger partial charge in [-0.05, 0) is 64.9 Å². The van der Waals surface area contributed by atoms with E-state index in [1.165, 1.54) is 24.8 Å². The zero-order valence-corrected chi connectivity index (χ0v) is 16.4. The predicted molar refractivity (Wildman–Crippen MR) is 101 cm³/mol. The molecule has 1 fully saturated rings. The van der Waals surface area contributed by atoms with Gasteiger partial charge in [0.05, 0.1) is 25.2 Å². The lowest BCUT2D eigenvalue weighted by Gasteiger charge is -2.21. The second kappa shape index (κ2) is 10.4. The van der Waals surface area contributed by atoms with E-state index in [4.69, 9.17) is 9.57 Å². The van der Waals surface area contributed by atoms with Gasteiger partial charge in [0.1, 0.15) is 5.60 Å². The molecule has 0 spiro atoms. The Bertz CT molecular complexity index is 566. The minimum Gasteiger partial charge on any atom is -0.460 e. The highest BCUT2D eigenvalue weighted by Gasteiger charge is 2.15. The molecule has 0 aromatic carbocycles. The summed E-state index contributed by atoms with van der Waals surface area (Å²) in [5, 5.41) is 0. The van der Waals surface area contributed by atoms with Crippen molar-refractivity contribution in [2.24, 2.45) is 0 Å². The van der Waals surface area contributed by atoms with Gasteiger partial charge in [0.15, 0.2) is 0 Å². The third-order valence-electron chi connectivity index (χ3n) is 4.28. The lowest BCUT2D eigenvalue weighted by molar-refractivity contribution is -0.155. The number of hydrogen-bond donors (Lipinski definition) is 1. The van der Waals surface area contributed by atoms with Crippen LogP contribution in [0.25, 0.3) is 0 Å². The molecule has 1 aromatic rings. The Morgan fingerprint density at radius 3 is 2.65 bits per heavy atom. The van der Waals surface area contributed by atoms with E-state index in [0.29, 0.717) is 13.0 Å². The van der Waals surface area contributed by atoms with Crippen LogP contribution in [0.5, 0.6) is 0 Å². The van der Waals surface area contributed by atoms with E-state index < -0.39 is 5.60 Å². The first-order chi connectivity index (χ1) is 12.4. The molecule has 1 saturated carbocycles. The third-order valence-corrected chi connectivity index (χ3v) is 4.28. The van der Waals surface area contributed by atoms with Crippen molar-refractivity contribution in [3.63, 3.8) is 0 Å². The van der Waals surface area contributed by atoms with Crippen molar-refractivity contribution < 1.29 is 14.4 Å². The van der Waals surface area contributed by atoms with Gasteiger partial charge in [-0.3, -0.25) is 15.1 Å². The molecule has 0 atom stereocenters. The summed E-state index contributed by atoms with van der Waals surface area (Å²) in [6.45, 7) is 6.99. The number of rotatable bonds is 9. The standard InChI is InChI=1S/C20H33N3O3/c1-20(2,3)26-19(24)11-7-8-14-25-22-18(15-23-13-12-21-16-23)17-9-5-4-6-10-17/h12-13,16,22H,4-11,14-15H2,1-3H3. The Labute approximate surface area is 156 Å². The van der Waals surface area contributed by atoms with Crippen LogP contribution in [0.4, 0.5) is 0 Å². The summed E-state index contributed by atoms with van der Waals surface area (Å²) >= 11 is 0. The zero-order chi connectivity index (χ0) is 18.8. The summed E-state index contributed by atoms with van der Waals surface area (Å²) in [4.78, 5) is 21.5. The molecule has 1 aliphatic rings. The van der Waals surface area contributed by atoms with Crippen molar-refractivity contribution in [1.82, 2.24) is 15.0 Å². The number of allylic oxidation sites excluding steroid dienone is 2. The van der Waals surface area contributed by atoms with Crippen molar-refractivity contribution in [2.75, 3.05) is 6.61 Å². The number of hydrogen-bond acceptors (Lipinski definition) is 5. The average molecular weight is 364 g/mol. The fourth-order valence-corrected chi connectivity index (χ4v) is 3.03. The van der Waals surface area contributed by atoms with Crippen molar-refractivity contribution in [1.29, 1.82) is 0 Å². The summed E-state index contributed by atoms with van der Waals surface area (Å²) < 4.78 is 7.36. The summed E-state index contributed by atoms with van der Waals surface area (Å²) in [5.41, 5.74) is 5.36. The quantitative estimate of drug-likeness (QED) is 0.406. The highest BCUT2D eigenvalue weighted by Crippen LogP contribution is 2.25. The first-order valence-corrected chi connectivity index (χ1v) is 9.70. The molecule has 0 unspecified atom stereocenters. The van der Waals surface area contributed by atoms with Crippen molar-refractivity contribution in [3.8, 4) is 0 Å². The zero-order valence-electron chi connectivity index (χ0n) is 16.4. The maximum Gasteiger partial charge on any atom is 0.306 e. The Kier molecular flexibility index (Phi) is 8.16. The smallest absolute Gasteiger partial charge is 0.306 e. The Morgan fingerprint density at radius 2 is 2.00 bits per heavy atom. The summed E-state index contributed by atoms with van der Waals surface area (Å²) in [6, 6.07) is 0. The topological polar surface area (TPSA) is 65.4 Å². The van der Waals surface area contributed by atoms with Crippen LogP contribution in [-0.4, -0.2) is 27.7 Å². The van der Waals surface area contributed by atoms with Crippen LogP contribution in [0.3, 0.4) is 0 Å². The van der Waals surface area contributed by atoms with Crippen LogP contribution in [-0.2, 0) is 20.9 Å². The van der Waals surface area contributed by atoms with Gasteiger partial charge in [-0.25, -0.2) is 4.98 Å². The van der Waals surface area contributed by atoms with Gasteiger partial charge < -0.3 is 9.30 Å². The molecule has 2 rings (SSSR count). The Balaban J connectivity index is 1.71. The van der Waals surface area contributed by atoms with E-state index in [-0.39, 0.29) is 5.97 Å². The van der Waals surface area contributed by atoms with E-state index in [0.717, 1.165) is 37.9 Å². The van der Waals surface area contributed by atoms with Gasteiger partial charge in [-0.15, -0.1) is 0 Å². The molecule has 0 radical (unpaired) electrons. The third kappa shape index (κ3) is 8.04. The minimum absolute atomic E-state index is 0.143. The van der Waals surface area contributed by atoms with Crippen LogP contribution in [0.15, 0.2) is 30.0 Å². The highest BCUT2D eigenvalue weighted by molar-refractivity contribution is 5.69. The van der Waals surface area contributed by atoms with Gasteiger partial charge in [0.25, 0.3) is 0 Å². The Morgan fingerprint density at radius 1 is 1.23 bits per heavy atom. The lowest BCUT2D eigenvalue weighted by Crippen LogP contribution is -2.24. The molecule has 1 heterocycles. The molecule has 146 valence electrons. The fraction of sp³-hybridized carbons (Fsp3) is 0.700. The van der Waals surface area contributed by atoms with Crippen molar-refractivity contribution >= 4 is 5.97 Å². The maximum atomic E-state index is 11.7. The van der Waals surface area contributed by atoms with Gasteiger partial charge >= 0.3 is 5.97 Å². The molecular weight excluding hydrogens is 330 g/mol. The van der Waals surface area contributed by atoms with Gasteiger partial charge in [0.2, 0.25) is 0 Å². The minimum atomic E-state index is -0.413. The van der Waals surface area contributed by atoms with Crippen LogP contribution >= 0.6 is 0 Å². The van der Waals surface area contributed by atoms with E-state index >= 15 is 0 Å². The van der Waals surface area contributed by atoms with Gasteiger partial charge in [-0.2, -0.15) is 0 Å². The number of carbonyl (C=O) groups excluding carboxylic acids is 1. The molecule has 0 saturated heterocycles. The molecular formula is C20H33N3O3. The van der Waals surface area contributed by atoms with Crippen LogP contribution in [0.2, 0.25) is 0 Å². The number of unbranched alkanes of at least 4 members (excludes halogenated alkanes) is 1. The normalized spacial score (nSPS) is 15.0. The SMILES string of the molecule is CC(C)(C)OC(=O)CCCCONC(Cn1ccnc1)=C1CCCCC1. The van der Waals surface area contributed by atoms with Gasteiger partial charge in [-0.1, -0.05) is 6.42 Å². The molecule has 0 aliphatic heterocycles. The Hall–Kier alpha value is -1.82. The molecule has 6 heteroatoms. The molecule has 26 heavy (non-hydrogen) atoms. The van der Waals surface area contributed by atoms with Gasteiger partial charge in [0, 0.05) is 18.8 Å². The maximum absolute atomic E-state index is 11.7. The number of esters is 1. The summed E-state index contributed by atoms with van der Waals surface area (Å²) in [7, 11) is 0. The van der Waals surface area contributed by atoms with Crippen LogP contribution in [0, 0.1) is 0 Å². The fourth-order valence-electron chi connectivity index (χ4n) is 3.03. The highest BCUT2D eigenvalue weighted by atomic mass is 16.6. The molecule has 6 nitrogen and oxygen atoms in total. The second-order valence-corrected chi connectivity index (χ2v) is 7.87. The molecule has 0 amide bonds. The first kappa shape index (κ1) is 20.5. The summed E-state index contributed by atoms with van der Waals surface area (Å²) in [6.07, 6.45) is 13.7. The number of nitrogens with zero attached hydrogens (tertiary/aromatic N) is 2. The molecule has 0 bridgehead atoms. The molecule has 1 N–H and O–H groups in total. The van der Waals surface area contributed by atoms with E-state index in [1.54, 1.807) is 6.20 Å². The van der Waals surface area contributed by atoms with Crippen molar-refractivity contribution in [3.05, 3.63) is 30.0 Å². The largest absolute Gasteiger partial charge is 0.460 e. The predicted octanol–water partition coefficient (Wildman–Crippen LogP) is 4.13. The lowest BCUT2D eigenvalue weighted by atomic mass is 9.93. The number of imidazole rings is 1. The first-order valence-electron chi connectivity index (χ1n) is 9.70. The summed E-state index contributed by atoms with van der Waals surface area (Å²) in [5.74, 6) is -0.143.